The van der Waals surface area contributed by atoms with Gasteiger partial charge in [0.25, 0.3) is 0 Å². The van der Waals surface area contributed by atoms with E-state index in [1.807, 2.05) is 0 Å². The molecule has 174 valence electrons. The molecule has 0 heterocycles. The molecular formula is C24H48O5. The molecule has 1 N–H and O–H groups in total. The molecule has 0 radical (unpaired) electrons. The van der Waals surface area contributed by atoms with Crippen LogP contribution in [0.25, 0.3) is 0 Å². The van der Waals surface area contributed by atoms with Gasteiger partial charge in [-0.15, -0.1) is 0 Å². The fourth-order valence-electron chi connectivity index (χ4n) is 3.31. The Morgan fingerprint density at radius 2 is 1.00 bits per heavy atom. The van der Waals surface area contributed by atoms with E-state index in [0.717, 1.165) is 12.8 Å². The summed E-state index contributed by atoms with van der Waals surface area (Å²) in [7, 11) is 0. The number of carbonyl (C=O) groups is 1. The summed E-state index contributed by atoms with van der Waals surface area (Å²) in [6, 6.07) is 0. The summed E-state index contributed by atoms with van der Waals surface area (Å²) in [5.74, 6) is -0.125. The molecule has 5 heteroatoms. The predicted octanol–water partition coefficient (Wildman–Crippen LogP) is 5.82. The van der Waals surface area contributed by atoms with Crippen molar-refractivity contribution >= 4 is 5.97 Å². The van der Waals surface area contributed by atoms with Gasteiger partial charge in [-0.25, -0.2) is 0 Å². The molecule has 0 bridgehead atoms. The molecule has 0 aliphatic carbocycles. The van der Waals surface area contributed by atoms with Crippen LogP contribution >= 0.6 is 0 Å². The van der Waals surface area contributed by atoms with Crippen LogP contribution in [0.15, 0.2) is 0 Å². The molecule has 0 aliphatic rings. The number of hydrogen-bond donors (Lipinski definition) is 1. The molecular weight excluding hydrogens is 368 g/mol. The first kappa shape index (κ1) is 28.4. The van der Waals surface area contributed by atoms with Gasteiger partial charge < -0.3 is 19.3 Å². The lowest BCUT2D eigenvalue weighted by Gasteiger charge is -2.06. The van der Waals surface area contributed by atoms with Gasteiger partial charge in [0.05, 0.1) is 33.0 Å². The van der Waals surface area contributed by atoms with Crippen LogP contribution in [0.2, 0.25) is 0 Å². The maximum absolute atomic E-state index is 11.6. The standard InChI is InChI=1S/C24H48O5/c1-2-3-4-5-6-7-8-9-10-11-12-13-14-15-16-17-24(26)29-23-22-28-21-20-27-19-18-25/h25H,2-23H2,1H3. The van der Waals surface area contributed by atoms with Crippen molar-refractivity contribution in [1.82, 2.24) is 0 Å². The zero-order valence-corrected chi connectivity index (χ0v) is 19.1. The highest BCUT2D eigenvalue weighted by molar-refractivity contribution is 5.69. The molecule has 0 aromatic carbocycles. The van der Waals surface area contributed by atoms with E-state index in [1.54, 1.807) is 0 Å². The number of ether oxygens (including phenoxy) is 3. The fourth-order valence-corrected chi connectivity index (χ4v) is 3.31. The van der Waals surface area contributed by atoms with Crippen molar-refractivity contribution in [2.24, 2.45) is 0 Å². The minimum atomic E-state index is -0.125. The molecule has 0 fully saturated rings. The second-order valence-corrected chi connectivity index (χ2v) is 7.87. The summed E-state index contributed by atoms with van der Waals surface area (Å²) < 4.78 is 15.5. The Kier molecular flexibility index (Phi) is 24.8. The van der Waals surface area contributed by atoms with Crippen LogP contribution in [-0.4, -0.2) is 50.7 Å². The van der Waals surface area contributed by atoms with E-state index in [9.17, 15) is 4.79 Å². The Labute approximate surface area is 179 Å². The first-order valence-electron chi connectivity index (χ1n) is 12.2. The summed E-state index contributed by atoms with van der Waals surface area (Å²) in [4.78, 5) is 11.6. The summed E-state index contributed by atoms with van der Waals surface area (Å²) in [5, 5.41) is 8.55. The fraction of sp³-hybridized carbons (Fsp3) is 0.958. The number of hydrogen-bond acceptors (Lipinski definition) is 5. The highest BCUT2D eigenvalue weighted by Gasteiger charge is 2.02. The van der Waals surface area contributed by atoms with Gasteiger partial charge in [-0.2, -0.15) is 0 Å². The molecule has 29 heavy (non-hydrogen) atoms. The smallest absolute Gasteiger partial charge is 0.305 e. The topological polar surface area (TPSA) is 65.0 Å². The Balaban J connectivity index is 3.12. The van der Waals surface area contributed by atoms with Crippen LogP contribution in [0.4, 0.5) is 0 Å². The average Bonchev–Trinajstić information content (AvgIpc) is 2.72. The zero-order valence-electron chi connectivity index (χ0n) is 19.1. The van der Waals surface area contributed by atoms with Crippen molar-refractivity contribution in [3.8, 4) is 0 Å². The normalized spacial score (nSPS) is 11.1. The second-order valence-electron chi connectivity index (χ2n) is 7.87. The quantitative estimate of drug-likeness (QED) is 0.159. The second kappa shape index (κ2) is 25.4. The highest BCUT2D eigenvalue weighted by Crippen LogP contribution is 2.13. The van der Waals surface area contributed by atoms with Crippen LogP contribution < -0.4 is 0 Å². The molecule has 0 amide bonds. The van der Waals surface area contributed by atoms with Gasteiger partial charge in [0.1, 0.15) is 6.61 Å². The van der Waals surface area contributed by atoms with E-state index in [1.165, 1.54) is 83.5 Å². The zero-order chi connectivity index (χ0) is 21.3. The minimum absolute atomic E-state index is 0.0247. The third kappa shape index (κ3) is 25.3. The van der Waals surface area contributed by atoms with Crippen molar-refractivity contribution in [1.29, 1.82) is 0 Å². The number of aliphatic hydroxyl groups excluding tert-OH is 1. The van der Waals surface area contributed by atoms with E-state index in [-0.39, 0.29) is 12.6 Å². The van der Waals surface area contributed by atoms with Crippen LogP contribution in [0.1, 0.15) is 110 Å². The van der Waals surface area contributed by atoms with Crippen LogP contribution in [-0.2, 0) is 19.0 Å². The van der Waals surface area contributed by atoms with Gasteiger partial charge >= 0.3 is 5.97 Å². The Bertz CT molecular complexity index is 322. The highest BCUT2D eigenvalue weighted by atomic mass is 16.6. The maximum atomic E-state index is 11.6. The molecule has 0 aliphatic heterocycles. The summed E-state index contributed by atoms with van der Waals surface area (Å²) in [5.41, 5.74) is 0. The maximum Gasteiger partial charge on any atom is 0.305 e. The van der Waals surface area contributed by atoms with Gasteiger partial charge in [0.2, 0.25) is 0 Å². The van der Waals surface area contributed by atoms with Gasteiger partial charge in [-0.1, -0.05) is 96.8 Å². The third-order valence-electron chi connectivity index (χ3n) is 5.08. The van der Waals surface area contributed by atoms with Crippen molar-refractivity contribution in [3.63, 3.8) is 0 Å². The van der Waals surface area contributed by atoms with Crippen LogP contribution in [0, 0.1) is 0 Å². The summed E-state index contributed by atoms with van der Waals surface area (Å²) in [6.45, 7) is 4.23. The van der Waals surface area contributed by atoms with Crippen LogP contribution in [0.5, 0.6) is 0 Å². The monoisotopic (exact) mass is 416 g/mol. The van der Waals surface area contributed by atoms with E-state index in [4.69, 9.17) is 19.3 Å². The lowest BCUT2D eigenvalue weighted by molar-refractivity contribution is -0.145. The number of esters is 1. The molecule has 0 saturated heterocycles. The lowest BCUT2D eigenvalue weighted by Crippen LogP contribution is -2.13. The molecule has 0 saturated carbocycles. The van der Waals surface area contributed by atoms with Crippen molar-refractivity contribution in [2.45, 2.75) is 110 Å². The Morgan fingerprint density at radius 3 is 1.48 bits per heavy atom. The predicted molar refractivity (Wildman–Crippen MR) is 119 cm³/mol. The van der Waals surface area contributed by atoms with Gasteiger partial charge in [0.15, 0.2) is 0 Å². The Hall–Kier alpha value is -0.650. The lowest BCUT2D eigenvalue weighted by atomic mass is 10.0. The molecule has 0 aromatic heterocycles. The Morgan fingerprint density at radius 1 is 0.586 bits per heavy atom. The molecule has 0 atom stereocenters. The van der Waals surface area contributed by atoms with Crippen molar-refractivity contribution < 1.29 is 24.1 Å². The van der Waals surface area contributed by atoms with Crippen molar-refractivity contribution in [3.05, 3.63) is 0 Å². The summed E-state index contributed by atoms with van der Waals surface area (Å²) in [6.07, 6.45) is 20.4. The van der Waals surface area contributed by atoms with E-state index in [0.29, 0.717) is 39.5 Å². The number of rotatable bonds is 24. The van der Waals surface area contributed by atoms with E-state index in [2.05, 4.69) is 6.92 Å². The number of unbranched alkanes of at least 4 members (excludes halogenated alkanes) is 14. The molecule has 0 unspecified atom stereocenters. The third-order valence-corrected chi connectivity index (χ3v) is 5.08. The first-order chi connectivity index (χ1) is 14.3. The van der Waals surface area contributed by atoms with E-state index >= 15 is 0 Å². The average molecular weight is 417 g/mol. The molecule has 0 rings (SSSR count). The van der Waals surface area contributed by atoms with Gasteiger partial charge in [-0.3, -0.25) is 4.79 Å². The van der Waals surface area contributed by atoms with Crippen LogP contribution in [0.3, 0.4) is 0 Å². The van der Waals surface area contributed by atoms with Gasteiger partial charge in [0, 0.05) is 6.42 Å². The van der Waals surface area contributed by atoms with E-state index < -0.39 is 0 Å². The van der Waals surface area contributed by atoms with Crippen molar-refractivity contribution in [2.75, 3.05) is 39.6 Å². The number of carbonyl (C=O) groups excluding carboxylic acids is 1. The molecule has 5 nitrogen and oxygen atoms in total. The molecule has 0 aromatic rings. The van der Waals surface area contributed by atoms with Gasteiger partial charge in [-0.05, 0) is 6.42 Å². The minimum Gasteiger partial charge on any atom is -0.463 e. The summed E-state index contributed by atoms with van der Waals surface area (Å²) >= 11 is 0. The largest absolute Gasteiger partial charge is 0.463 e. The number of aliphatic hydroxyl groups is 1. The first-order valence-corrected chi connectivity index (χ1v) is 12.2. The molecule has 0 spiro atoms. The SMILES string of the molecule is CCCCCCCCCCCCCCCCCC(=O)OCCOCCOCCO.